The number of sulfone groups is 1. The Labute approximate surface area is 178 Å². The van der Waals surface area contributed by atoms with E-state index in [-0.39, 0.29) is 36.0 Å². The van der Waals surface area contributed by atoms with Gasteiger partial charge in [0.25, 0.3) is 0 Å². The number of benzene rings is 2. The van der Waals surface area contributed by atoms with Crippen LogP contribution < -0.4 is 4.90 Å². The van der Waals surface area contributed by atoms with E-state index in [4.69, 9.17) is 11.6 Å². The highest BCUT2D eigenvalue weighted by atomic mass is 79.9. The van der Waals surface area contributed by atoms with Gasteiger partial charge in [0.2, 0.25) is 5.91 Å². The highest BCUT2D eigenvalue weighted by Gasteiger charge is 2.49. The van der Waals surface area contributed by atoms with Crippen molar-refractivity contribution in [2.45, 2.75) is 18.5 Å². The predicted molar refractivity (Wildman–Crippen MR) is 115 cm³/mol. The smallest absolute Gasteiger partial charge is 0.241 e. The molecular weight excluding hydrogens is 464 g/mol. The summed E-state index contributed by atoms with van der Waals surface area (Å²) in [4.78, 5) is 16.7. The molecule has 2 aromatic rings. The van der Waals surface area contributed by atoms with E-state index in [0.29, 0.717) is 11.6 Å². The molecule has 2 saturated heterocycles. The summed E-state index contributed by atoms with van der Waals surface area (Å²) in [5.41, 5.74) is 1.86. The largest absolute Gasteiger partial charge is 0.306 e. The number of hydrogen-bond donors (Lipinski definition) is 0. The van der Waals surface area contributed by atoms with Gasteiger partial charge in [-0.3, -0.25) is 9.69 Å². The molecule has 2 fully saturated rings. The quantitative estimate of drug-likeness (QED) is 0.670. The highest BCUT2D eigenvalue weighted by Crippen LogP contribution is 2.32. The standard InChI is InChI=1S/C20H20BrClN2O3S/c21-15-3-7-17(8-4-15)24-19-13-28(26,27)12-18(19)23(11-20(24)25)10-9-14-1-5-16(22)6-2-14/h1-8,18-19H,9-13H2/t18-,19-/m0/s1. The van der Waals surface area contributed by atoms with Gasteiger partial charge in [-0.25, -0.2) is 8.42 Å². The van der Waals surface area contributed by atoms with Crippen molar-refractivity contribution >= 4 is 49.0 Å². The van der Waals surface area contributed by atoms with Crippen LogP contribution in [0.3, 0.4) is 0 Å². The molecule has 0 spiro atoms. The Hall–Kier alpha value is -1.41. The number of piperazine rings is 1. The fourth-order valence-electron chi connectivity index (χ4n) is 4.06. The second-order valence-corrected chi connectivity index (χ2v) is 10.8. The van der Waals surface area contributed by atoms with E-state index in [0.717, 1.165) is 22.1 Å². The van der Waals surface area contributed by atoms with Gasteiger partial charge in [-0.15, -0.1) is 0 Å². The van der Waals surface area contributed by atoms with Gasteiger partial charge in [0, 0.05) is 27.8 Å². The van der Waals surface area contributed by atoms with Crippen LogP contribution in [0.2, 0.25) is 5.02 Å². The van der Waals surface area contributed by atoms with Crippen LogP contribution in [0.25, 0.3) is 0 Å². The number of rotatable bonds is 4. The third-order valence-corrected chi connectivity index (χ3v) is 7.89. The SMILES string of the molecule is O=C1CN(CCc2ccc(Cl)cc2)[C@H]2CS(=O)(=O)C[C@@H]2N1c1ccc(Br)cc1. The zero-order valence-electron chi connectivity index (χ0n) is 15.1. The van der Waals surface area contributed by atoms with Crippen molar-refractivity contribution in [2.24, 2.45) is 0 Å². The summed E-state index contributed by atoms with van der Waals surface area (Å²) in [5, 5.41) is 0.684. The molecule has 148 valence electrons. The molecule has 0 N–H and O–H groups in total. The first-order chi connectivity index (χ1) is 13.3. The number of halogens is 2. The van der Waals surface area contributed by atoms with Crippen LogP contribution in [-0.2, 0) is 21.1 Å². The van der Waals surface area contributed by atoms with E-state index < -0.39 is 9.84 Å². The monoisotopic (exact) mass is 482 g/mol. The lowest BCUT2D eigenvalue weighted by molar-refractivity contribution is -0.123. The van der Waals surface area contributed by atoms with Crippen molar-refractivity contribution in [2.75, 3.05) is 29.5 Å². The molecule has 2 aromatic carbocycles. The Bertz CT molecular complexity index is 980. The van der Waals surface area contributed by atoms with Gasteiger partial charge < -0.3 is 4.90 Å². The molecule has 28 heavy (non-hydrogen) atoms. The van der Waals surface area contributed by atoms with E-state index in [9.17, 15) is 13.2 Å². The Kier molecular flexibility index (Phi) is 5.53. The van der Waals surface area contributed by atoms with Crippen LogP contribution in [0.15, 0.2) is 53.0 Å². The van der Waals surface area contributed by atoms with Gasteiger partial charge in [0.1, 0.15) is 0 Å². The number of hydrogen-bond acceptors (Lipinski definition) is 4. The fraction of sp³-hybridized carbons (Fsp3) is 0.350. The molecule has 8 heteroatoms. The summed E-state index contributed by atoms with van der Waals surface area (Å²) in [6.45, 7) is 0.860. The van der Waals surface area contributed by atoms with Crippen molar-refractivity contribution in [3.63, 3.8) is 0 Å². The van der Waals surface area contributed by atoms with E-state index in [1.54, 1.807) is 4.90 Å². The first-order valence-corrected chi connectivity index (χ1v) is 12.1. The fourth-order valence-corrected chi connectivity index (χ4v) is 6.44. The second-order valence-electron chi connectivity index (χ2n) is 7.30. The zero-order chi connectivity index (χ0) is 19.9. The maximum absolute atomic E-state index is 13.0. The third-order valence-electron chi connectivity index (χ3n) is 5.41. The minimum absolute atomic E-state index is 0.0108. The minimum atomic E-state index is -3.19. The summed E-state index contributed by atoms with van der Waals surface area (Å²) in [6.07, 6.45) is 0.742. The number of anilines is 1. The number of carbonyl (C=O) groups excluding carboxylic acids is 1. The van der Waals surface area contributed by atoms with Crippen LogP contribution in [0.4, 0.5) is 5.69 Å². The topological polar surface area (TPSA) is 57.7 Å². The summed E-state index contributed by atoms with van der Waals surface area (Å²) in [7, 11) is -3.19. The van der Waals surface area contributed by atoms with Crippen molar-refractivity contribution in [1.82, 2.24) is 4.90 Å². The molecule has 0 radical (unpaired) electrons. The number of nitrogens with zero attached hydrogens (tertiary/aromatic N) is 2. The predicted octanol–water partition coefficient (Wildman–Crippen LogP) is 3.16. The van der Waals surface area contributed by atoms with Crippen molar-refractivity contribution in [3.05, 3.63) is 63.6 Å². The third kappa shape index (κ3) is 4.13. The van der Waals surface area contributed by atoms with E-state index in [2.05, 4.69) is 15.9 Å². The Morgan fingerprint density at radius 1 is 1.00 bits per heavy atom. The average Bonchev–Trinajstić information content (AvgIpc) is 2.97. The lowest BCUT2D eigenvalue weighted by Gasteiger charge is -2.43. The minimum Gasteiger partial charge on any atom is -0.306 e. The Morgan fingerprint density at radius 2 is 1.64 bits per heavy atom. The number of fused-ring (bicyclic) bond motifs is 1. The molecule has 0 aliphatic carbocycles. The summed E-state index contributed by atoms with van der Waals surface area (Å²) in [5.74, 6) is 0.0481. The summed E-state index contributed by atoms with van der Waals surface area (Å²) < 4.78 is 25.7. The van der Waals surface area contributed by atoms with Gasteiger partial charge in [-0.05, 0) is 48.4 Å². The molecule has 0 aromatic heterocycles. The van der Waals surface area contributed by atoms with Crippen molar-refractivity contribution < 1.29 is 13.2 Å². The van der Waals surface area contributed by atoms with Crippen LogP contribution in [0.5, 0.6) is 0 Å². The van der Waals surface area contributed by atoms with Gasteiger partial charge >= 0.3 is 0 Å². The maximum Gasteiger partial charge on any atom is 0.241 e. The molecule has 1 amide bonds. The number of carbonyl (C=O) groups is 1. The lowest BCUT2D eigenvalue weighted by Crippen LogP contribution is -2.62. The van der Waals surface area contributed by atoms with Crippen molar-refractivity contribution in [3.8, 4) is 0 Å². The van der Waals surface area contributed by atoms with Gasteiger partial charge in [0.05, 0.1) is 24.1 Å². The highest BCUT2D eigenvalue weighted by molar-refractivity contribution is 9.10. The first-order valence-electron chi connectivity index (χ1n) is 9.09. The molecule has 0 unspecified atom stereocenters. The van der Waals surface area contributed by atoms with E-state index >= 15 is 0 Å². The van der Waals surface area contributed by atoms with Crippen LogP contribution >= 0.6 is 27.5 Å². The van der Waals surface area contributed by atoms with E-state index in [1.807, 2.05) is 53.4 Å². The number of amides is 1. The van der Waals surface area contributed by atoms with Crippen molar-refractivity contribution in [1.29, 1.82) is 0 Å². The molecule has 2 heterocycles. The van der Waals surface area contributed by atoms with Crippen LogP contribution in [0.1, 0.15) is 5.56 Å². The summed E-state index contributed by atoms with van der Waals surface area (Å²) >= 11 is 9.34. The van der Waals surface area contributed by atoms with E-state index in [1.165, 1.54) is 0 Å². The Balaban J connectivity index is 1.57. The second kappa shape index (κ2) is 7.78. The van der Waals surface area contributed by atoms with Crippen LogP contribution in [-0.4, -0.2) is 55.9 Å². The Morgan fingerprint density at radius 3 is 2.32 bits per heavy atom. The van der Waals surface area contributed by atoms with Gasteiger partial charge in [0.15, 0.2) is 9.84 Å². The summed E-state index contributed by atoms with van der Waals surface area (Å²) in [6, 6.07) is 14.5. The molecule has 2 atom stereocenters. The molecule has 0 bridgehead atoms. The van der Waals surface area contributed by atoms with Gasteiger partial charge in [-0.2, -0.15) is 0 Å². The van der Waals surface area contributed by atoms with Gasteiger partial charge in [-0.1, -0.05) is 39.7 Å². The molecule has 0 saturated carbocycles. The maximum atomic E-state index is 13.0. The molecule has 2 aliphatic rings. The molecule has 4 rings (SSSR count). The molecule has 2 aliphatic heterocycles. The molecule has 5 nitrogen and oxygen atoms in total. The molecular formula is C20H20BrClN2O3S. The van der Waals surface area contributed by atoms with Crippen LogP contribution in [0, 0.1) is 0 Å². The first kappa shape index (κ1) is 19.9. The normalized spacial score (nSPS) is 24.4. The lowest BCUT2D eigenvalue weighted by atomic mass is 10.0. The average molecular weight is 484 g/mol. The zero-order valence-corrected chi connectivity index (χ0v) is 18.3.